The van der Waals surface area contributed by atoms with Gasteiger partial charge in [-0.25, -0.2) is 4.98 Å². The van der Waals surface area contributed by atoms with E-state index in [4.69, 9.17) is 14.5 Å². The van der Waals surface area contributed by atoms with Crippen LogP contribution >= 0.6 is 0 Å². The second-order valence-corrected chi connectivity index (χ2v) is 8.58. The zero-order valence-corrected chi connectivity index (χ0v) is 21.1. The number of carbonyl (C=O) groups is 1. The number of nitriles is 1. The molecule has 0 spiro atoms. The van der Waals surface area contributed by atoms with Gasteiger partial charge in [-0.15, -0.1) is 0 Å². The summed E-state index contributed by atoms with van der Waals surface area (Å²) < 4.78 is 12.4. The molecule has 0 fully saturated rings. The lowest BCUT2D eigenvalue weighted by Crippen LogP contribution is -2.32. The summed E-state index contributed by atoms with van der Waals surface area (Å²) in [5.74, 6) is 1.61. The highest BCUT2D eigenvalue weighted by molar-refractivity contribution is 5.96. The number of rotatable bonds is 9. The average molecular weight is 497 g/mol. The first kappa shape index (κ1) is 25.5. The van der Waals surface area contributed by atoms with Crippen LogP contribution in [0.15, 0.2) is 71.5 Å². The summed E-state index contributed by atoms with van der Waals surface area (Å²) in [6.07, 6.45) is 0.959. The minimum Gasteiger partial charge on any atom is -0.493 e. The number of hydrogen-bond donors (Lipinski definition) is 0. The highest BCUT2D eigenvalue weighted by Gasteiger charge is 2.17. The first-order chi connectivity index (χ1) is 18.0. The smallest absolute Gasteiger partial charge is 0.261 e. The van der Waals surface area contributed by atoms with Crippen molar-refractivity contribution in [2.45, 2.75) is 19.4 Å². The van der Waals surface area contributed by atoms with E-state index in [0.717, 1.165) is 5.56 Å². The van der Waals surface area contributed by atoms with E-state index in [0.29, 0.717) is 65.3 Å². The fraction of sp³-hybridized carbons (Fsp3) is 0.241. The van der Waals surface area contributed by atoms with Crippen molar-refractivity contribution < 1.29 is 14.3 Å². The topological polar surface area (TPSA) is 97.5 Å². The molecule has 1 amide bonds. The minimum atomic E-state index is -0.253. The maximum atomic E-state index is 13.4. The average Bonchev–Trinajstić information content (AvgIpc) is 2.94. The molecule has 3 aromatic carbocycles. The number of carbonyl (C=O) groups excluding carboxylic acids is 1. The van der Waals surface area contributed by atoms with Gasteiger partial charge in [-0.1, -0.05) is 30.3 Å². The number of ether oxygens (including phenoxy) is 2. The van der Waals surface area contributed by atoms with Gasteiger partial charge < -0.3 is 14.4 Å². The van der Waals surface area contributed by atoms with Crippen molar-refractivity contribution in [3.05, 3.63) is 99.6 Å². The Morgan fingerprint density at radius 3 is 2.49 bits per heavy atom. The van der Waals surface area contributed by atoms with Crippen molar-refractivity contribution >= 4 is 16.8 Å². The van der Waals surface area contributed by atoms with Gasteiger partial charge in [-0.2, -0.15) is 5.26 Å². The zero-order valence-electron chi connectivity index (χ0n) is 21.1. The van der Waals surface area contributed by atoms with Crippen LogP contribution in [-0.4, -0.2) is 48.2 Å². The molecule has 0 N–H and O–H groups in total. The molecule has 0 saturated carbocycles. The number of methoxy groups -OCH3 is 2. The largest absolute Gasteiger partial charge is 0.493 e. The van der Waals surface area contributed by atoms with Gasteiger partial charge in [0.05, 0.1) is 42.3 Å². The van der Waals surface area contributed by atoms with Gasteiger partial charge in [0.1, 0.15) is 5.82 Å². The number of hydrogen-bond acceptors (Lipinski definition) is 6. The maximum Gasteiger partial charge on any atom is 0.261 e. The van der Waals surface area contributed by atoms with Crippen LogP contribution < -0.4 is 15.0 Å². The van der Waals surface area contributed by atoms with Crippen LogP contribution in [0.2, 0.25) is 0 Å². The van der Waals surface area contributed by atoms with Gasteiger partial charge in [-0.05, 0) is 48.4 Å². The summed E-state index contributed by atoms with van der Waals surface area (Å²) >= 11 is 0. The van der Waals surface area contributed by atoms with Crippen molar-refractivity contribution in [2.75, 3.05) is 27.8 Å². The maximum absolute atomic E-state index is 13.4. The SMILES string of the molecule is COc1ccc(CCn2c(CCN(C)C(=O)c3ccccc3C#N)nc3ccccc3c2=O)cc1OC. The van der Waals surface area contributed by atoms with Gasteiger partial charge in [0.25, 0.3) is 11.5 Å². The number of nitrogens with zero attached hydrogens (tertiary/aromatic N) is 4. The quantitative estimate of drug-likeness (QED) is 0.349. The second kappa shape index (κ2) is 11.4. The van der Waals surface area contributed by atoms with E-state index in [-0.39, 0.29) is 11.5 Å². The van der Waals surface area contributed by atoms with E-state index < -0.39 is 0 Å². The summed E-state index contributed by atoms with van der Waals surface area (Å²) in [6, 6.07) is 21.7. The number of fused-ring (bicyclic) bond motifs is 1. The summed E-state index contributed by atoms with van der Waals surface area (Å²) in [5, 5.41) is 9.90. The molecule has 8 heteroatoms. The molecule has 0 saturated heterocycles. The summed E-state index contributed by atoms with van der Waals surface area (Å²) in [7, 11) is 4.86. The van der Waals surface area contributed by atoms with E-state index in [2.05, 4.69) is 6.07 Å². The Morgan fingerprint density at radius 2 is 1.73 bits per heavy atom. The third kappa shape index (κ3) is 5.46. The van der Waals surface area contributed by atoms with E-state index in [1.807, 2.05) is 36.4 Å². The molecule has 4 aromatic rings. The van der Waals surface area contributed by atoms with E-state index in [9.17, 15) is 14.9 Å². The van der Waals surface area contributed by atoms with Crippen LogP contribution in [0, 0.1) is 11.3 Å². The molecule has 0 atom stereocenters. The molecule has 0 unspecified atom stereocenters. The van der Waals surface area contributed by atoms with Crippen molar-refractivity contribution in [3.63, 3.8) is 0 Å². The number of aryl methyl sites for hydroxylation is 1. The molecule has 188 valence electrons. The molecule has 0 radical (unpaired) electrons. The Morgan fingerprint density at radius 1 is 1.00 bits per heavy atom. The van der Waals surface area contributed by atoms with Crippen LogP contribution in [0.3, 0.4) is 0 Å². The molecule has 1 heterocycles. The lowest BCUT2D eigenvalue weighted by atomic mass is 10.1. The zero-order chi connectivity index (χ0) is 26.4. The Hall–Kier alpha value is -4.64. The van der Waals surface area contributed by atoms with Crippen molar-refractivity contribution in [3.8, 4) is 17.6 Å². The Balaban J connectivity index is 1.60. The van der Waals surface area contributed by atoms with Gasteiger partial charge >= 0.3 is 0 Å². The fourth-order valence-corrected chi connectivity index (χ4v) is 4.25. The number of amides is 1. The van der Waals surface area contributed by atoms with Crippen LogP contribution in [0.25, 0.3) is 10.9 Å². The van der Waals surface area contributed by atoms with E-state index in [1.54, 1.807) is 61.1 Å². The third-order valence-corrected chi connectivity index (χ3v) is 6.31. The third-order valence-electron chi connectivity index (χ3n) is 6.31. The van der Waals surface area contributed by atoms with Crippen LogP contribution in [-0.2, 0) is 19.4 Å². The molecule has 0 aliphatic heterocycles. The standard InChI is InChI=1S/C29H28N4O4/c1-32(28(34)22-9-5-4-8-21(22)19-30)16-15-27-31-24-11-7-6-10-23(24)29(35)33(27)17-14-20-12-13-25(36-2)26(18-20)37-3/h4-13,18H,14-17H2,1-3H3. The second-order valence-electron chi connectivity index (χ2n) is 8.58. The Kier molecular flexibility index (Phi) is 7.84. The van der Waals surface area contributed by atoms with E-state index in [1.165, 1.54) is 0 Å². The lowest BCUT2D eigenvalue weighted by molar-refractivity contribution is 0.0795. The molecular formula is C29H28N4O4. The predicted molar refractivity (Wildman–Crippen MR) is 141 cm³/mol. The molecule has 1 aromatic heterocycles. The Labute approximate surface area is 215 Å². The molecule has 0 aliphatic rings. The number of likely N-dealkylation sites (N-methyl/N-ethyl adjacent to an activating group) is 1. The van der Waals surface area contributed by atoms with Crippen LogP contribution in [0.4, 0.5) is 0 Å². The fourth-order valence-electron chi connectivity index (χ4n) is 4.25. The van der Waals surface area contributed by atoms with Crippen molar-refractivity contribution in [1.82, 2.24) is 14.5 Å². The number of benzene rings is 3. The highest BCUT2D eigenvalue weighted by Crippen LogP contribution is 2.27. The van der Waals surface area contributed by atoms with Gasteiger partial charge in [0, 0.05) is 26.6 Å². The van der Waals surface area contributed by atoms with Crippen LogP contribution in [0.5, 0.6) is 11.5 Å². The normalized spacial score (nSPS) is 10.6. The first-order valence-corrected chi connectivity index (χ1v) is 11.9. The molecule has 4 rings (SSSR count). The number of aromatic nitrogens is 2. The summed E-state index contributed by atoms with van der Waals surface area (Å²) in [5.41, 5.74) is 2.17. The predicted octanol–water partition coefficient (Wildman–Crippen LogP) is 3.84. The van der Waals surface area contributed by atoms with Gasteiger partial charge in [0.15, 0.2) is 11.5 Å². The highest BCUT2D eigenvalue weighted by atomic mass is 16.5. The molecule has 0 aliphatic carbocycles. The molecule has 8 nitrogen and oxygen atoms in total. The van der Waals surface area contributed by atoms with Gasteiger partial charge in [-0.3, -0.25) is 14.2 Å². The summed E-state index contributed by atoms with van der Waals surface area (Å²) in [6.45, 7) is 0.746. The number of para-hydroxylation sites is 1. The molecule has 0 bridgehead atoms. The minimum absolute atomic E-state index is 0.120. The Bertz CT molecular complexity index is 1540. The molecular weight excluding hydrogens is 468 g/mol. The lowest BCUT2D eigenvalue weighted by Gasteiger charge is -2.19. The van der Waals surface area contributed by atoms with Gasteiger partial charge in [0.2, 0.25) is 0 Å². The van der Waals surface area contributed by atoms with Crippen molar-refractivity contribution in [1.29, 1.82) is 5.26 Å². The van der Waals surface area contributed by atoms with Crippen LogP contribution in [0.1, 0.15) is 27.3 Å². The summed E-state index contributed by atoms with van der Waals surface area (Å²) in [4.78, 5) is 32.8. The van der Waals surface area contributed by atoms with E-state index >= 15 is 0 Å². The first-order valence-electron chi connectivity index (χ1n) is 11.9. The molecule has 37 heavy (non-hydrogen) atoms. The van der Waals surface area contributed by atoms with Crippen molar-refractivity contribution in [2.24, 2.45) is 0 Å². The monoisotopic (exact) mass is 496 g/mol.